The van der Waals surface area contributed by atoms with Crippen LogP contribution < -0.4 is 0 Å². The van der Waals surface area contributed by atoms with Crippen LogP contribution in [0.5, 0.6) is 0 Å². The minimum atomic E-state index is -0.545. The summed E-state index contributed by atoms with van der Waals surface area (Å²) in [5, 5.41) is 15.9. The lowest BCUT2D eigenvalue weighted by Crippen LogP contribution is -2.39. The third-order valence-corrected chi connectivity index (χ3v) is 4.95. The predicted molar refractivity (Wildman–Crippen MR) is 104 cm³/mol. The van der Waals surface area contributed by atoms with Gasteiger partial charge in [0.2, 0.25) is 5.91 Å². The van der Waals surface area contributed by atoms with Crippen molar-refractivity contribution in [2.45, 2.75) is 19.2 Å². The molecule has 6 nitrogen and oxygen atoms in total. The Bertz CT molecular complexity index is 876. The summed E-state index contributed by atoms with van der Waals surface area (Å²) in [6.07, 6.45) is 1.35. The van der Waals surface area contributed by atoms with Crippen LogP contribution in [0.25, 0.3) is 10.9 Å². The number of aromatic nitrogens is 2. The van der Waals surface area contributed by atoms with E-state index in [1.54, 1.807) is 9.58 Å². The number of aliphatic hydroxyl groups is 1. The van der Waals surface area contributed by atoms with Gasteiger partial charge in [-0.05, 0) is 11.6 Å². The zero-order chi connectivity index (χ0) is 18.6. The van der Waals surface area contributed by atoms with Gasteiger partial charge >= 0.3 is 0 Å². The van der Waals surface area contributed by atoms with Crippen LogP contribution in [0, 0.1) is 0 Å². The van der Waals surface area contributed by atoms with Gasteiger partial charge in [0.15, 0.2) is 0 Å². The van der Waals surface area contributed by atoms with Crippen LogP contribution in [0.4, 0.5) is 0 Å². The molecule has 1 N–H and O–H groups in total. The number of nitrogens with zero attached hydrogens (tertiary/aromatic N) is 4. The Morgan fingerprint density at radius 2 is 1.81 bits per heavy atom. The Morgan fingerprint density at radius 1 is 1.04 bits per heavy atom. The topological polar surface area (TPSA) is 61.6 Å². The van der Waals surface area contributed by atoms with Crippen LogP contribution in [0.1, 0.15) is 5.56 Å². The number of carbonyl (C=O) groups is 1. The van der Waals surface area contributed by atoms with Crippen LogP contribution in [-0.4, -0.2) is 62.9 Å². The Hall–Kier alpha value is -2.70. The van der Waals surface area contributed by atoms with Gasteiger partial charge in [-0.25, -0.2) is 0 Å². The first-order chi connectivity index (χ1) is 13.2. The van der Waals surface area contributed by atoms with Gasteiger partial charge in [-0.15, -0.1) is 0 Å². The van der Waals surface area contributed by atoms with Gasteiger partial charge in [-0.3, -0.25) is 14.4 Å². The second-order valence-electron chi connectivity index (χ2n) is 7.10. The standard InChI is InChI=1S/C21H24N4O2/c26-19-14-23(12-17-6-2-1-3-7-17)10-11-24(15-19)21(27)16-25-13-18-8-4-5-9-20(18)22-25/h1-9,13,19,26H,10-12,14-16H2/t19-/m1/s1. The predicted octanol–water partition coefficient (Wildman–Crippen LogP) is 1.74. The molecule has 6 heteroatoms. The number of hydrogen-bond donors (Lipinski definition) is 1. The summed E-state index contributed by atoms with van der Waals surface area (Å²) in [6.45, 7) is 3.28. The molecule has 2 heterocycles. The first-order valence-corrected chi connectivity index (χ1v) is 9.32. The molecular formula is C21H24N4O2. The molecule has 1 aliphatic heterocycles. The highest BCUT2D eigenvalue weighted by Crippen LogP contribution is 2.13. The number of aliphatic hydroxyl groups excluding tert-OH is 1. The van der Waals surface area contributed by atoms with Gasteiger partial charge in [0, 0.05) is 44.3 Å². The molecule has 4 rings (SSSR count). The van der Waals surface area contributed by atoms with E-state index < -0.39 is 6.10 Å². The molecule has 140 valence electrons. The van der Waals surface area contributed by atoms with Gasteiger partial charge in [0.1, 0.15) is 6.54 Å². The Balaban J connectivity index is 1.39. The van der Waals surface area contributed by atoms with Crippen molar-refractivity contribution in [2.24, 2.45) is 0 Å². The maximum atomic E-state index is 12.7. The van der Waals surface area contributed by atoms with E-state index in [9.17, 15) is 9.90 Å². The van der Waals surface area contributed by atoms with Crippen LogP contribution >= 0.6 is 0 Å². The molecule has 0 bridgehead atoms. The molecule has 1 aliphatic rings. The minimum Gasteiger partial charge on any atom is -0.390 e. The van der Waals surface area contributed by atoms with Crippen molar-refractivity contribution in [3.05, 3.63) is 66.4 Å². The van der Waals surface area contributed by atoms with E-state index in [1.165, 1.54) is 5.56 Å². The molecule has 27 heavy (non-hydrogen) atoms. The molecule has 0 spiro atoms. The monoisotopic (exact) mass is 364 g/mol. The fraction of sp³-hybridized carbons (Fsp3) is 0.333. The number of fused-ring (bicyclic) bond motifs is 1. The van der Waals surface area contributed by atoms with Crippen LogP contribution in [0.2, 0.25) is 0 Å². The molecule has 1 saturated heterocycles. The van der Waals surface area contributed by atoms with Gasteiger partial charge in [-0.1, -0.05) is 48.5 Å². The molecule has 1 aromatic heterocycles. The number of rotatable bonds is 4. The van der Waals surface area contributed by atoms with E-state index in [-0.39, 0.29) is 12.5 Å². The normalized spacial score (nSPS) is 18.6. The molecule has 1 amide bonds. The fourth-order valence-corrected chi connectivity index (χ4v) is 3.60. The van der Waals surface area contributed by atoms with Gasteiger partial charge in [0.05, 0.1) is 11.6 Å². The second kappa shape index (κ2) is 7.90. The van der Waals surface area contributed by atoms with E-state index in [0.29, 0.717) is 19.6 Å². The average Bonchev–Trinajstić information content (AvgIpc) is 2.98. The third-order valence-electron chi connectivity index (χ3n) is 4.95. The van der Waals surface area contributed by atoms with Crippen molar-refractivity contribution in [3.8, 4) is 0 Å². The molecular weight excluding hydrogens is 340 g/mol. The summed E-state index contributed by atoms with van der Waals surface area (Å²) in [5.41, 5.74) is 2.10. The highest BCUT2D eigenvalue weighted by molar-refractivity contribution is 5.80. The molecule has 1 atom stereocenters. The lowest BCUT2D eigenvalue weighted by atomic mass is 10.2. The van der Waals surface area contributed by atoms with Crippen LogP contribution in [0.3, 0.4) is 0 Å². The zero-order valence-electron chi connectivity index (χ0n) is 15.2. The van der Waals surface area contributed by atoms with Crippen molar-refractivity contribution >= 4 is 16.8 Å². The fourth-order valence-electron chi connectivity index (χ4n) is 3.60. The van der Waals surface area contributed by atoms with E-state index in [1.807, 2.05) is 48.7 Å². The maximum Gasteiger partial charge on any atom is 0.244 e. The van der Waals surface area contributed by atoms with Gasteiger partial charge < -0.3 is 10.0 Å². The number of β-amino-alcohol motifs (C(OH)–C–C–N with tert-alkyl or cyclic N) is 1. The average molecular weight is 364 g/mol. The summed E-state index contributed by atoms with van der Waals surface area (Å²) in [4.78, 5) is 16.7. The summed E-state index contributed by atoms with van der Waals surface area (Å²) in [5.74, 6) is -0.0107. The number of amides is 1. The highest BCUT2D eigenvalue weighted by Gasteiger charge is 2.24. The second-order valence-corrected chi connectivity index (χ2v) is 7.10. The van der Waals surface area contributed by atoms with Crippen molar-refractivity contribution in [3.63, 3.8) is 0 Å². The van der Waals surface area contributed by atoms with Gasteiger partial charge in [-0.2, -0.15) is 5.10 Å². The van der Waals surface area contributed by atoms with E-state index >= 15 is 0 Å². The zero-order valence-corrected chi connectivity index (χ0v) is 15.2. The highest BCUT2D eigenvalue weighted by atomic mass is 16.3. The molecule has 0 radical (unpaired) electrons. The van der Waals surface area contributed by atoms with E-state index in [4.69, 9.17) is 0 Å². The summed E-state index contributed by atoms with van der Waals surface area (Å²) < 4.78 is 1.69. The van der Waals surface area contributed by atoms with Crippen molar-refractivity contribution in [1.82, 2.24) is 19.6 Å². The smallest absolute Gasteiger partial charge is 0.244 e. The largest absolute Gasteiger partial charge is 0.390 e. The summed E-state index contributed by atoms with van der Waals surface area (Å²) >= 11 is 0. The third kappa shape index (κ3) is 4.35. The maximum absolute atomic E-state index is 12.7. The molecule has 0 aliphatic carbocycles. The van der Waals surface area contributed by atoms with Gasteiger partial charge in [0.25, 0.3) is 0 Å². The number of hydrogen-bond acceptors (Lipinski definition) is 4. The quantitative estimate of drug-likeness (QED) is 0.766. The summed E-state index contributed by atoms with van der Waals surface area (Å²) in [7, 11) is 0. The minimum absolute atomic E-state index is 0.0107. The summed E-state index contributed by atoms with van der Waals surface area (Å²) in [6, 6.07) is 18.0. The Labute approximate surface area is 158 Å². The Morgan fingerprint density at radius 3 is 2.63 bits per heavy atom. The molecule has 0 saturated carbocycles. The molecule has 2 aromatic carbocycles. The van der Waals surface area contributed by atoms with Crippen molar-refractivity contribution < 1.29 is 9.90 Å². The lowest BCUT2D eigenvalue weighted by Gasteiger charge is -2.22. The SMILES string of the molecule is O=C(Cn1cc2ccccc2n1)N1CCN(Cc2ccccc2)C[C@@H](O)C1. The first-order valence-electron chi connectivity index (χ1n) is 9.32. The number of carbonyl (C=O) groups excluding carboxylic acids is 1. The van der Waals surface area contributed by atoms with Crippen molar-refractivity contribution in [2.75, 3.05) is 26.2 Å². The van der Waals surface area contributed by atoms with Crippen molar-refractivity contribution in [1.29, 1.82) is 0 Å². The van der Waals surface area contributed by atoms with Crippen LogP contribution in [0.15, 0.2) is 60.8 Å². The van der Waals surface area contributed by atoms with E-state index in [2.05, 4.69) is 22.1 Å². The Kier molecular flexibility index (Phi) is 5.18. The van der Waals surface area contributed by atoms with E-state index in [0.717, 1.165) is 24.0 Å². The first kappa shape index (κ1) is 17.7. The lowest BCUT2D eigenvalue weighted by molar-refractivity contribution is -0.132. The van der Waals surface area contributed by atoms with Crippen LogP contribution in [-0.2, 0) is 17.9 Å². The molecule has 0 unspecified atom stereocenters. The molecule has 3 aromatic rings. The molecule has 1 fully saturated rings. The number of benzene rings is 2.